The molecular formula is C19H12N2O2S2. The lowest BCUT2D eigenvalue weighted by Gasteiger charge is -1.99. The Morgan fingerprint density at radius 2 is 1.40 bits per heavy atom. The predicted octanol–water partition coefficient (Wildman–Crippen LogP) is 5.33. The highest BCUT2D eigenvalue weighted by molar-refractivity contribution is 7.20. The Balaban J connectivity index is 1.46. The van der Waals surface area contributed by atoms with Crippen molar-refractivity contribution in [3.05, 3.63) is 59.3 Å². The highest BCUT2D eigenvalue weighted by Gasteiger charge is 2.16. The van der Waals surface area contributed by atoms with Crippen LogP contribution >= 0.6 is 22.7 Å². The minimum Gasteiger partial charge on any atom is -0.454 e. The van der Waals surface area contributed by atoms with Gasteiger partial charge in [0.1, 0.15) is 0 Å². The van der Waals surface area contributed by atoms with Crippen LogP contribution in [0.2, 0.25) is 0 Å². The Hall–Kier alpha value is -2.70. The van der Waals surface area contributed by atoms with Crippen molar-refractivity contribution in [1.29, 1.82) is 0 Å². The first-order chi connectivity index (χ1) is 12.4. The second kappa shape index (κ2) is 5.98. The summed E-state index contributed by atoms with van der Waals surface area (Å²) in [6, 6.07) is 16.1. The van der Waals surface area contributed by atoms with Gasteiger partial charge in [-0.05, 0) is 18.2 Å². The minimum atomic E-state index is 0.280. The van der Waals surface area contributed by atoms with Crippen LogP contribution in [0.15, 0.2) is 59.3 Å². The van der Waals surface area contributed by atoms with E-state index in [0.29, 0.717) is 0 Å². The predicted molar refractivity (Wildman–Crippen MR) is 100 cm³/mol. The Bertz CT molecular complexity index is 1040. The third-order valence-electron chi connectivity index (χ3n) is 3.93. The van der Waals surface area contributed by atoms with Crippen LogP contribution in [0, 0.1) is 0 Å². The Morgan fingerprint density at radius 1 is 0.720 bits per heavy atom. The second-order valence-electron chi connectivity index (χ2n) is 5.51. The van der Waals surface area contributed by atoms with Crippen molar-refractivity contribution in [1.82, 2.24) is 9.97 Å². The van der Waals surface area contributed by atoms with E-state index in [1.54, 1.807) is 22.7 Å². The molecule has 0 spiro atoms. The van der Waals surface area contributed by atoms with Gasteiger partial charge in [0.25, 0.3) is 0 Å². The van der Waals surface area contributed by atoms with E-state index in [4.69, 9.17) is 19.4 Å². The molecule has 3 heterocycles. The van der Waals surface area contributed by atoms with E-state index in [-0.39, 0.29) is 6.79 Å². The van der Waals surface area contributed by atoms with Crippen molar-refractivity contribution in [2.24, 2.45) is 0 Å². The van der Waals surface area contributed by atoms with Gasteiger partial charge in [0, 0.05) is 21.9 Å². The summed E-state index contributed by atoms with van der Waals surface area (Å²) in [6.07, 6.45) is 0. The largest absolute Gasteiger partial charge is 0.454 e. The average Bonchev–Trinajstić information content (AvgIpc) is 3.40. The number of thiazole rings is 2. The molecule has 25 heavy (non-hydrogen) atoms. The molecule has 6 heteroatoms. The number of nitrogens with zero attached hydrogens (tertiary/aromatic N) is 2. The van der Waals surface area contributed by atoms with E-state index in [0.717, 1.165) is 44.0 Å². The molecule has 0 amide bonds. The SMILES string of the molecule is c1ccc(-c2csc(-c3nc(-c4ccc5c(c4)OCO5)cs3)n2)cc1. The zero-order valence-electron chi connectivity index (χ0n) is 13.0. The fourth-order valence-corrected chi connectivity index (χ4v) is 4.38. The van der Waals surface area contributed by atoms with Crippen LogP contribution in [-0.2, 0) is 0 Å². The lowest BCUT2D eigenvalue weighted by Crippen LogP contribution is -1.92. The van der Waals surface area contributed by atoms with Crippen molar-refractivity contribution in [2.75, 3.05) is 6.79 Å². The monoisotopic (exact) mass is 364 g/mol. The van der Waals surface area contributed by atoms with Gasteiger partial charge in [-0.15, -0.1) is 22.7 Å². The number of hydrogen-bond donors (Lipinski definition) is 0. The molecule has 4 aromatic rings. The lowest BCUT2D eigenvalue weighted by molar-refractivity contribution is 0.174. The van der Waals surface area contributed by atoms with Crippen LogP contribution in [0.4, 0.5) is 0 Å². The third kappa shape index (κ3) is 2.69. The van der Waals surface area contributed by atoms with Gasteiger partial charge in [-0.25, -0.2) is 9.97 Å². The van der Waals surface area contributed by atoms with Gasteiger partial charge < -0.3 is 9.47 Å². The van der Waals surface area contributed by atoms with Crippen LogP contribution in [0.1, 0.15) is 0 Å². The molecule has 1 aliphatic rings. The fraction of sp³-hybridized carbons (Fsp3) is 0.0526. The van der Waals surface area contributed by atoms with Crippen molar-refractivity contribution < 1.29 is 9.47 Å². The first kappa shape index (κ1) is 14.6. The third-order valence-corrected chi connectivity index (χ3v) is 5.76. The number of hydrogen-bond acceptors (Lipinski definition) is 6. The highest BCUT2D eigenvalue weighted by atomic mass is 32.1. The standard InChI is InChI=1S/C19H12N2O2S2/c1-2-4-12(5-3-1)14-9-24-18(20-14)19-21-15(10-25-19)13-6-7-16-17(8-13)23-11-22-16/h1-10H,11H2. The van der Waals surface area contributed by atoms with Crippen LogP contribution in [0.5, 0.6) is 11.5 Å². The quantitative estimate of drug-likeness (QED) is 0.493. The summed E-state index contributed by atoms with van der Waals surface area (Å²) in [7, 11) is 0. The molecule has 5 rings (SSSR count). The molecule has 1 aliphatic heterocycles. The van der Waals surface area contributed by atoms with Crippen molar-refractivity contribution >= 4 is 22.7 Å². The second-order valence-corrected chi connectivity index (χ2v) is 7.23. The number of ether oxygens (including phenoxy) is 2. The van der Waals surface area contributed by atoms with Crippen LogP contribution in [-0.4, -0.2) is 16.8 Å². The summed E-state index contributed by atoms with van der Waals surface area (Å²) in [6.45, 7) is 0.280. The number of aromatic nitrogens is 2. The van der Waals surface area contributed by atoms with Crippen molar-refractivity contribution in [3.8, 4) is 44.0 Å². The average molecular weight is 364 g/mol. The van der Waals surface area contributed by atoms with Crippen LogP contribution in [0.25, 0.3) is 32.5 Å². The number of rotatable bonds is 3. The number of fused-ring (bicyclic) bond motifs is 1. The molecule has 0 radical (unpaired) electrons. The minimum absolute atomic E-state index is 0.280. The molecule has 0 saturated heterocycles. The first-order valence-electron chi connectivity index (χ1n) is 7.74. The molecule has 2 aromatic carbocycles. The molecule has 0 bridgehead atoms. The molecule has 0 unspecified atom stereocenters. The molecule has 0 saturated carbocycles. The summed E-state index contributed by atoms with van der Waals surface area (Å²) in [5.41, 5.74) is 4.05. The summed E-state index contributed by atoms with van der Waals surface area (Å²) in [4.78, 5) is 9.49. The molecular weight excluding hydrogens is 352 g/mol. The lowest BCUT2D eigenvalue weighted by atomic mass is 10.1. The summed E-state index contributed by atoms with van der Waals surface area (Å²) < 4.78 is 10.8. The zero-order valence-corrected chi connectivity index (χ0v) is 14.6. The smallest absolute Gasteiger partial charge is 0.231 e. The van der Waals surface area contributed by atoms with Gasteiger partial charge in [-0.2, -0.15) is 0 Å². The van der Waals surface area contributed by atoms with Crippen LogP contribution in [0.3, 0.4) is 0 Å². The van der Waals surface area contributed by atoms with Gasteiger partial charge in [0.2, 0.25) is 6.79 Å². The molecule has 122 valence electrons. The molecule has 0 aliphatic carbocycles. The molecule has 2 aromatic heterocycles. The summed E-state index contributed by atoms with van der Waals surface area (Å²) in [5, 5.41) is 6.00. The Labute approximate surface area is 152 Å². The van der Waals surface area contributed by atoms with E-state index < -0.39 is 0 Å². The highest BCUT2D eigenvalue weighted by Crippen LogP contribution is 2.38. The molecule has 4 nitrogen and oxygen atoms in total. The van der Waals surface area contributed by atoms with E-state index in [1.165, 1.54) is 0 Å². The van der Waals surface area contributed by atoms with E-state index in [9.17, 15) is 0 Å². The van der Waals surface area contributed by atoms with E-state index in [2.05, 4.69) is 22.9 Å². The maximum Gasteiger partial charge on any atom is 0.231 e. The molecule has 0 N–H and O–H groups in total. The number of benzene rings is 2. The van der Waals surface area contributed by atoms with Gasteiger partial charge in [0.15, 0.2) is 21.5 Å². The van der Waals surface area contributed by atoms with E-state index in [1.807, 2.05) is 36.4 Å². The Kier molecular flexibility index (Phi) is 3.50. The normalized spacial score (nSPS) is 12.5. The molecule has 0 atom stereocenters. The van der Waals surface area contributed by atoms with E-state index >= 15 is 0 Å². The summed E-state index contributed by atoms with van der Waals surface area (Å²) >= 11 is 3.22. The maximum atomic E-state index is 5.45. The Morgan fingerprint density at radius 3 is 2.16 bits per heavy atom. The van der Waals surface area contributed by atoms with Crippen molar-refractivity contribution in [3.63, 3.8) is 0 Å². The fourth-order valence-electron chi connectivity index (χ4n) is 2.67. The topological polar surface area (TPSA) is 44.2 Å². The first-order valence-corrected chi connectivity index (χ1v) is 9.50. The van der Waals surface area contributed by atoms with Gasteiger partial charge in [-0.1, -0.05) is 30.3 Å². The van der Waals surface area contributed by atoms with Crippen LogP contribution < -0.4 is 9.47 Å². The van der Waals surface area contributed by atoms with Gasteiger partial charge in [0.05, 0.1) is 11.4 Å². The van der Waals surface area contributed by atoms with Crippen molar-refractivity contribution in [2.45, 2.75) is 0 Å². The maximum absolute atomic E-state index is 5.45. The molecule has 0 fully saturated rings. The summed E-state index contributed by atoms with van der Waals surface area (Å²) in [5.74, 6) is 1.55. The van der Waals surface area contributed by atoms with Gasteiger partial charge in [-0.3, -0.25) is 0 Å². The zero-order chi connectivity index (χ0) is 16.6. The van der Waals surface area contributed by atoms with Gasteiger partial charge >= 0.3 is 0 Å².